The third-order valence-corrected chi connectivity index (χ3v) is 6.59. The number of fused-ring (bicyclic) bond motifs is 2. The highest BCUT2D eigenvalue weighted by molar-refractivity contribution is 5.11. The van der Waals surface area contributed by atoms with Crippen LogP contribution >= 0.6 is 0 Å². The standard InChI is InChI=1S/C16H32NO/c1-7-17(5,6)10-11-18-14-12-13-8-9-16(14,4)15(13,2)3/h13-14H,7-12H2,1-6H3/q+1/t13-,14-,16+/m1/s1. The van der Waals surface area contributed by atoms with Crippen LogP contribution in [-0.4, -0.2) is 44.4 Å². The molecular formula is C16H32NO+. The van der Waals surface area contributed by atoms with Crippen molar-refractivity contribution in [1.29, 1.82) is 0 Å². The first kappa shape index (κ1) is 14.3. The smallest absolute Gasteiger partial charge is 0.102 e. The molecule has 106 valence electrons. The van der Waals surface area contributed by atoms with E-state index in [1.165, 1.54) is 25.8 Å². The van der Waals surface area contributed by atoms with Gasteiger partial charge in [-0.05, 0) is 42.9 Å². The van der Waals surface area contributed by atoms with Crippen LogP contribution < -0.4 is 0 Å². The van der Waals surface area contributed by atoms with Crippen LogP contribution in [0.15, 0.2) is 0 Å². The minimum atomic E-state index is 0.418. The van der Waals surface area contributed by atoms with Gasteiger partial charge in [-0.15, -0.1) is 0 Å². The van der Waals surface area contributed by atoms with Gasteiger partial charge in [0.2, 0.25) is 0 Å². The van der Waals surface area contributed by atoms with Gasteiger partial charge >= 0.3 is 0 Å². The number of nitrogens with zero attached hydrogens (tertiary/aromatic N) is 1. The second-order valence-electron chi connectivity index (χ2n) is 7.95. The molecule has 0 amide bonds. The van der Waals surface area contributed by atoms with E-state index in [9.17, 15) is 0 Å². The lowest BCUT2D eigenvalue weighted by Gasteiger charge is -2.39. The number of rotatable bonds is 5. The molecule has 2 aliphatic rings. The van der Waals surface area contributed by atoms with E-state index in [2.05, 4.69) is 41.8 Å². The molecule has 0 radical (unpaired) electrons. The molecule has 0 N–H and O–H groups in total. The fourth-order valence-corrected chi connectivity index (χ4v) is 3.98. The molecule has 2 rings (SSSR count). The van der Waals surface area contributed by atoms with E-state index in [1.807, 2.05) is 0 Å². The van der Waals surface area contributed by atoms with Crippen molar-refractivity contribution < 1.29 is 9.22 Å². The molecule has 0 aliphatic heterocycles. The van der Waals surface area contributed by atoms with Crippen LogP contribution in [0, 0.1) is 16.7 Å². The molecule has 2 heteroatoms. The fourth-order valence-electron chi connectivity index (χ4n) is 3.98. The lowest BCUT2D eigenvalue weighted by molar-refractivity contribution is -0.889. The number of likely N-dealkylation sites (N-methyl/N-ethyl adjacent to an activating group) is 1. The van der Waals surface area contributed by atoms with Crippen molar-refractivity contribution in [3.8, 4) is 0 Å². The van der Waals surface area contributed by atoms with Gasteiger partial charge in [0.15, 0.2) is 0 Å². The van der Waals surface area contributed by atoms with Gasteiger partial charge in [-0.2, -0.15) is 0 Å². The van der Waals surface area contributed by atoms with Crippen molar-refractivity contribution in [2.45, 2.75) is 53.1 Å². The largest absolute Gasteiger partial charge is 0.372 e. The summed E-state index contributed by atoms with van der Waals surface area (Å²) in [6, 6.07) is 0. The third-order valence-electron chi connectivity index (χ3n) is 6.59. The first-order valence-electron chi connectivity index (χ1n) is 7.66. The summed E-state index contributed by atoms with van der Waals surface area (Å²) in [5, 5.41) is 0. The predicted molar refractivity (Wildman–Crippen MR) is 76.5 cm³/mol. The number of ether oxygens (including phenoxy) is 1. The van der Waals surface area contributed by atoms with Crippen molar-refractivity contribution in [3.05, 3.63) is 0 Å². The van der Waals surface area contributed by atoms with Crippen LogP contribution in [0.4, 0.5) is 0 Å². The molecule has 0 spiro atoms. The first-order valence-corrected chi connectivity index (χ1v) is 7.66. The summed E-state index contributed by atoms with van der Waals surface area (Å²) in [7, 11) is 4.58. The molecular weight excluding hydrogens is 222 g/mol. The Hall–Kier alpha value is -0.0800. The van der Waals surface area contributed by atoms with Gasteiger partial charge in [0.05, 0.1) is 33.4 Å². The average molecular weight is 254 g/mol. The molecule has 3 atom stereocenters. The van der Waals surface area contributed by atoms with Gasteiger partial charge in [-0.25, -0.2) is 0 Å². The van der Waals surface area contributed by atoms with E-state index < -0.39 is 0 Å². The number of hydrogen-bond acceptors (Lipinski definition) is 1. The molecule has 18 heavy (non-hydrogen) atoms. The maximum absolute atomic E-state index is 6.30. The Morgan fingerprint density at radius 2 is 1.89 bits per heavy atom. The van der Waals surface area contributed by atoms with Crippen LogP contribution in [-0.2, 0) is 4.74 Å². The van der Waals surface area contributed by atoms with Gasteiger partial charge in [0.1, 0.15) is 6.54 Å². The van der Waals surface area contributed by atoms with Crippen molar-refractivity contribution in [2.75, 3.05) is 33.8 Å². The van der Waals surface area contributed by atoms with Crippen LogP contribution in [0.5, 0.6) is 0 Å². The minimum Gasteiger partial charge on any atom is -0.372 e. The molecule has 0 heterocycles. The van der Waals surface area contributed by atoms with E-state index in [1.54, 1.807) is 0 Å². The fraction of sp³-hybridized carbons (Fsp3) is 1.00. The monoisotopic (exact) mass is 254 g/mol. The molecule has 0 aromatic heterocycles. The quantitative estimate of drug-likeness (QED) is 0.684. The SMILES string of the molecule is CC[N+](C)(C)CCO[C@@H]1C[C@H]2CC[C@]1(C)C2(C)C. The van der Waals surface area contributed by atoms with Gasteiger partial charge in [0.25, 0.3) is 0 Å². The molecule has 2 fully saturated rings. The van der Waals surface area contributed by atoms with E-state index in [0.717, 1.165) is 23.6 Å². The topological polar surface area (TPSA) is 9.23 Å². The summed E-state index contributed by atoms with van der Waals surface area (Å²) >= 11 is 0. The van der Waals surface area contributed by atoms with E-state index >= 15 is 0 Å². The molecule has 0 aromatic carbocycles. The Morgan fingerprint density at radius 3 is 2.33 bits per heavy atom. The summed E-state index contributed by atoms with van der Waals surface area (Å²) in [4.78, 5) is 0. The van der Waals surface area contributed by atoms with Crippen LogP contribution in [0.25, 0.3) is 0 Å². The van der Waals surface area contributed by atoms with Gasteiger partial charge < -0.3 is 9.22 Å². The van der Waals surface area contributed by atoms with Crippen molar-refractivity contribution in [2.24, 2.45) is 16.7 Å². The molecule has 2 saturated carbocycles. The summed E-state index contributed by atoms with van der Waals surface area (Å²) in [5.41, 5.74) is 0.897. The number of quaternary nitrogens is 1. The highest BCUT2D eigenvalue weighted by atomic mass is 16.5. The highest BCUT2D eigenvalue weighted by Crippen LogP contribution is 2.66. The van der Waals surface area contributed by atoms with E-state index in [0.29, 0.717) is 16.9 Å². The van der Waals surface area contributed by atoms with Crippen molar-refractivity contribution in [1.82, 2.24) is 0 Å². The zero-order valence-corrected chi connectivity index (χ0v) is 13.3. The summed E-state index contributed by atoms with van der Waals surface area (Å²) in [5.74, 6) is 0.890. The molecule has 0 aromatic rings. The van der Waals surface area contributed by atoms with Crippen LogP contribution in [0.2, 0.25) is 0 Å². The summed E-state index contributed by atoms with van der Waals surface area (Å²) in [6.07, 6.45) is 4.58. The Balaban J connectivity index is 1.90. The van der Waals surface area contributed by atoms with E-state index in [4.69, 9.17) is 4.74 Å². The molecule has 2 aliphatic carbocycles. The third kappa shape index (κ3) is 2.12. The van der Waals surface area contributed by atoms with Crippen molar-refractivity contribution >= 4 is 0 Å². The molecule has 0 unspecified atom stereocenters. The number of hydrogen-bond donors (Lipinski definition) is 0. The van der Waals surface area contributed by atoms with Gasteiger partial charge in [-0.3, -0.25) is 0 Å². The van der Waals surface area contributed by atoms with Gasteiger partial charge in [-0.1, -0.05) is 20.8 Å². The Kier molecular flexibility index (Phi) is 3.57. The zero-order chi connectivity index (χ0) is 13.6. The Labute approximate surface area is 113 Å². The Morgan fingerprint density at radius 1 is 1.22 bits per heavy atom. The second-order valence-corrected chi connectivity index (χ2v) is 7.95. The van der Waals surface area contributed by atoms with Crippen LogP contribution in [0.1, 0.15) is 47.0 Å². The maximum Gasteiger partial charge on any atom is 0.102 e. The van der Waals surface area contributed by atoms with Gasteiger partial charge in [0, 0.05) is 0 Å². The lowest BCUT2D eigenvalue weighted by atomic mass is 9.70. The minimum absolute atomic E-state index is 0.418. The Bertz CT molecular complexity index is 310. The van der Waals surface area contributed by atoms with Crippen LogP contribution in [0.3, 0.4) is 0 Å². The summed E-state index contributed by atoms with van der Waals surface area (Å²) in [6.45, 7) is 12.9. The highest BCUT2D eigenvalue weighted by Gasteiger charge is 2.61. The summed E-state index contributed by atoms with van der Waals surface area (Å²) < 4.78 is 7.36. The second kappa shape index (κ2) is 4.49. The van der Waals surface area contributed by atoms with E-state index in [-0.39, 0.29) is 0 Å². The molecule has 2 nitrogen and oxygen atoms in total. The van der Waals surface area contributed by atoms with Crippen molar-refractivity contribution in [3.63, 3.8) is 0 Å². The maximum atomic E-state index is 6.30. The average Bonchev–Trinajstić information content (AvgIpc) is 2.62. The normalized spacial score (nSPS) is 38.3. The lowest BCUT2D eigenvalue weighted by Crippen LogP contribution is -2.44. The zero-order valence-electron chi connectivity index (χ0n) is 13.3. The first-order chi connectivity index (χ1) is 8.23. The molecule has 0 saturated heterocycles. The molecule has 2 bridgehead atoms. The predicted octanol–water partition coefficient (Wildman–Crippen LogP) is 3.31.